The molecular formula is C12H17BrN2O2S. The largest absolute Gasteiger partial charge is 0.314 e. The van der Waals surface area contributed by atoms with Gasteiger partial charge in [0.05, 0.1) is 4.90 Å². The van der Waals surface area contributed by atoms with Crippen molar-refractivity contribution in [3.8, 4) is 0 Å². The lowest BCUT2D eigenvalue weighted by Crippen LogP contribution is -2.52. The second-order valence-electron chi connectivity index (χ2n) is 4.53. The predicted molar refractivity (Wildman–Crippen MR) is 75.1 cm³/mol. The van der Waals surface area contributed by atoms with Crippen LogP contribution >= 0.6 is 15.9 Å². The van der Waals surface area contributed by atoms with Crippen molar-refractivity contribution in [2.45, 2.75) is 24.8 Å². The molecular weight excluding hydrogens is 316 g/mol. The number of hydrogen-bond donors (Lipinski definition) is 1. The van der Waals surface area contributed by atoms with Crippen LogP contribution < -0.4 is 5.32 Å². The van der Waals surface area contributed by atoms with Crippen LogP contribution in [-0.4, -0.2) is 38.4 Å². The summed E-state index contributed by atoms with van der Waals surface area (Å²) in [6.45, 7) is 5.68. The molecule has 1 N–H and O–H groups in total. The lowest BCUT2D eigenvalue weighted by Gasteiger charge is -2.33. The fraction of sp³-hybridized carbons (Fsp3) is 0.500. The molecule has 6 heteroatoms. The Morgan fingerprint density at radius 3 is 2.83 bits per heavy atom. The maximum Gasteiger partial charge on any atom is 0.243 e. The summed E-state index contributed by atoms with van der Waals surface area (Å²) >= 11 is 3.38. The number of nitrogens with zero attached hydrogens (tertiary/aromatic N) is 1. The monoisotopic (exact) mass is 332 g/mol. The molecule has 0 unspecified atom stereocenters. The Bertz CT molecular complexity index is 545. The standard InChI is InChI=1S/C12H17BrN2O2S/c1-9-8-14-6-7-15(9)18(16,17)12-5-3-4-11(13)10(12)2/h3-5,9,14H,6-8H2,1-2H3/t9-/m1/s1. The van der Waals surface area contributed by atoms with Gasteiger partial charge in [-0.2, -0.15) is 4.31 Å². The number of piperazine rings is 1. The third-order valence-corrected chi connectivity index (χ3v) is 6.26. The van der Waals surface area contributed by atoms with Gasteiger partial charge >= 0.3 is 0 Å². The Morgan fingerprint density at radius 2 is 2.17 bits per heavy atom. The van der Waals surface area contributed by atoms with E-state index < -0.39 is 10.0 Å². The molecule has 1 aliphatic heterocycles. The molecule has 0 aromatic heterocycles. The van der Waals surface area contributed by atoms with Crippen molar-refractivity contribution in [3.05, 3.63) is 28.2 Å². The van der Waals surface area contributed by atoms with Crippen molar-refractivity contribution < 1.29 is 8.42 Å². The Kier molecular flexibility index (Phi) is 4.11. The van der Waals surface area contributed by atoms with Gasteiger partial charge < -0.3 is 5.32 Å². The molecule has 0 aliphatic carbocycles. The summed E-state index contributed by atoms with van der Waals surface area (Å²) in [7, 11) is -3.40. The van der Waals surface area contributed by atoms with E-state index in [2.05, 4.69) is 21.2 Å². The summed E-state index contributed by atoms with van der Waals surface area (Å²) in [6, 6.07) is 5.28. The van der Waals surface area contributed by atoms with E-state index in [-0.39, 0.29) is 6.04 Å². The molecule has 2 rings (SSSR count). The van der Waals surface area contributed by atoms with Crippen LogP contribution in [0.3, 0.4) is 0 Å². The molecule has 1 aromatic carbocycles. The highest BCUT2D eigenvalue weighted by atomic mass is 79.9. The molecule has 1 aliphatic rings. The van der Waals surface area contributed by atoms with E-state index in [0.29, 0.717) is 24.5 Å². The molecule has 1 saturated heterocycles. The average Bonchev–Trinajstić information content (AvgIpc) is 2.32. The first kappa shape index (κ1) is 14.0. The second kappa shape index (κ2) is 5.28. The minimum absolute atomic E-state index is 0.0119. The quantitative estimate of drug-likeness (QED) is 0.897. The first-order chi connectivity index (χ1) is 8.44. The minimum atomic E-state index is -3.40. The van der Waals surface area contributed by atoms with Crippen LogP contribution in [0, 0.1) is 6.92 Å². The molecule has 1 atom stereocenters. The molecule has 0 spiro atoms. The first-order valence-electron chi connectivity index (χ1n) is 5.92. The summed E-state index contributed by atoms with van der Waals surface area (Å²) in [5.41, 5.74) is 0.767. The predicted octanol–water partition coefficient (Wildman–Crippen LogP) is 1.74. The topological polar surface area (TPSA) is 49.4 Å². The van der Waals surface area contributed by atoms with Gasteiger partial charge in [0.15, 0.2) is 0 Å². The first-order valence-corrected chi connectivity index (χ1v) is 8.15. The van der Waals surface area contributed by atoms with Gasteiger partial charge in [-0.3, -0.25) is 0 Å². The van der Waals surface area contributed by atoms with E-state index in [1.807, 2.05) is 19.9 Å². The van der Waals surface area contributed by atoms with E-state index in [4.69, 9.17) is 0 Å². The molecule has 1 fully saturated rings. The third-order valence-electron chi connectivity index (χ3n) is 3.24. The van der Waals surface area contributed by atoms with Gasteiger partial charge in [0.2, 0.25) is 10.0 Å². The van der Waals surface area contributed by atoms with Crippen molar-refractivity contribution in [3.63, 3.8) is 0 Å². The summed E-state index contributed by atoms with van der Waals surface area (Å²) in [4.78, 5) is 0.394. The number of rotatable bonds is 2. The molecule has 0 radical (unpaired) electrons. The van der Waals surface area contributed by atoms with Gasteiger partial charge in [-0.1, -0.05) is 22.0 Å². The van der Waals surface area contributed by atoms with Crippen LogP contribution in [0.15, 0.2) is 27.6 Å². The molecule has 18 heavy (non-hydrogen) atoms. The number of hydrogen-bond acceptors (Lipinski definition) is 3. The van der Waals surface area contributed by atoms with Gasteiger partial charge in [-0.25, -0.2) is 8.42 Å². The number of halogens is 1. The van der Waals surface area contributed by atoms with E-state index in [1.165, 1.54) is 0 Å². The van der Waals surface area contributed by atoms with Gasteiger partial charge in [-0.05, 0) is 31.5 Å². The molecule has 1 aromatic rings. The van der Waals surface area contributed by atoms with Crippen LogP contribution in [0.25, 0.3) is 0 Å². The molecule has 0 bridgehead atoms. The van der Waals surface area contributed by atoms with E-state index in [0.717, 1.165) is 10.0 Å². The normalized spacial score (nSPS) is 22.1. The molecule has 0 amide bonds. The second-order valence-corrected chi connectivity index (χ2v) is 7.25. The number of nitrogens with one attached hydrogen (secondary N) is 1. The maximum absolute atomic E-state index is 12.6. The fourth-order valence-corrected chi connectivity index (χ4v) is 4.55. The Balaban J connectivity index is 2.44. The fourth-order valence-electron chi connectivity index (χ4n) is 2.17. The summed E-state index contributed by atoms with van der Waals surface area (Å²) < 4.78 is 27.7. The maximum atomic E-state index is 12.6. The highest BCUT2D eigenvalue weighted by molar-refractivity contribution is 9.10. The van der Waals surface area contributed by atoms with Crippen molar-refractivity contribution >= 4 is 26.0 Å². The average molecular weight is 333 g/mol. The van der Waals surface area contributed by atoms with E-state index in [9.17, 15) is 8.42 Å². The van der Waals surface area contributed by atoms with Crippen LogP contribution in [0.1, 0.15) is 12.5 Å². The summed E-state index contributed by atoms with van der Waals surface area (Å²) in [5.74, 6) is 0. The van der Waals surface area contributed by atoms with Crippen molar-refractivity contribution in [2.24, 2.45) is 0 Å². The zero-order chi connectivity index (χ0) is 13.3. The summed E-state index contributed by atoms with van der Waals surface area (Å²) in [6.07, 6.45) is 0. The SMILES string of the molecule is Cc1c(Br)cccc1S(=O)(=O)N1CCNC[C@H]1C. The molecule has 1 heterocycles. The van der Waals surface area contributed by atoms with Crippen LogP contribution in [0.5, 0.6) is 0 Å². The van der Waals surface area contributed by atoms with Gasteiger partial charge in [-0.15, -0.1) is 0 Å². The van der Waals surface area contributed by atoms with Crippen molar-refractivity contribution in [1.29, 1.82) is 0 Å². The van der Waals surface area contributed by atoms with Gasteiger partial charge in [0.1, 0.15) is 0 Å². The summed E-state index contributed by atoms with van der Waals surface area (Å²) in [5, 5.41) is 3.20. The van der Waals surface area contributed by atoms with Crippen LogP contribution in [-0.2, 0) is 10.0 Å². The van der Waals surface area contributed by atoms with Gasteiger partial charge in [0.25, 0.3) is 0 Å². The number of sulfonamides is 1. The zero-order valence-electron chi connectivity index (χ0n) is 10.5. The Labute approximate surface area is 117 Å². The highest BCUT2D eigenvalue weighted by Gasteiger charge is 2.32. The molecule has 4 nitrogen and oxygen atoms in total. The number of benzene rings is 1. The van der Waals surface area contributed by atoms with Crippen LogP contribution in [0.2, 0.25) is 0 Å². The molecule has 100 valence electrons. The van der Waals surface area contributed by atoms with Crippen molar-refractivity contribution in [1.82, 2.24) is 9.62 Å². The van der Waals surface area contributed by atoms with Crippen molar-refractivity contribution in [2.75, 3.05) is 19.6 Å². The Hall–Kier alpha value is -0.430. The van der Waals surface area contributed by atoms with E-state index >= 15 is 0 Å². The lowest BCUT2D eigenvalue weighted by molar-refractivity contribution is 0.283. The van der Waals surface area contributed by atoms with Gasteiger partial charge in [0, 0.05) is 30.1 Å². The zero-order valence-corrected chi connectivity index (χ0v) is 12.9. The Morgan fingerprint density at radius 1 is 1.44 bits per heavy atom. The third kappa shape index (κ3) is 2.47. The smallest absolute Gasteiger partial charge is 0.243 e. The molecule has 0 saturated carbocycles. The lowest BCUT2D eigenvalue weighted by atomic mass is 10.2. The van der Waals surface area contributed by atoms with E-state index in [1.54, 1.807) is 16.4 Å². The van der Waals surface area contributed by atoms with Crippen LogP contribution in [0.4, 0.5) is 0 Å². The minimum Gasteiger partial charge on any atom is -0.314 e. The highest BCUT2D eigenvalue weighted by Crippen LogP contribution is 2.27.